The summed E-state index contributed by atoms with van der Waals surface area (Å²) in [7, 11) is 0. The lowest BCUT2D eigenvalue weighted by Crippen LogP contribution is -2.47. The van der Waals surface area contributed by atoms with Crippen LogP contribution in [0.2, 0.25) is 0 Å². The summed E-state index contributed by atoms with van der Waals surface area (Å²) in [6.45, 7) is 5.08. The lowest BCUT2D eigenvalue weighted by molar-refractivity contribution is 0.101. The monoisotopic (exact) mass is 385 g/mol. The molecule has 0 aliphatic carbocycles. The van der Waals surface area contributed by atoms with Gasteiger partial charge in [-0.3, -0.25) is 14.3 Å². The molecule has 0 bridgehead atoms. The van der Waals surface area contributed by atoms with Crippen LogP contribution in [-0.2, 0) is 6.67 Å². The molecule has 140 valence electrons. The fourth-order valence-electron chi connectivity index (χ4n) is 3.46. The first-order chi connectivity index (χ1) is 13.0. The molecule has 2 aromatic carbocycles. The number of anilines is 1. The molecule has 2 heterocycles. The number of aromatic nitrogens is 1. The highest BCUT2D eigenvalue weighted by Gasteiger charge is 2.21. The lowest BCUT2D eigenvalue weighted by Gasteiger charge is -2.36. The van der Waals surface area contributed by atoms with Gasteiger partial charge in [0.25, 0.3) is 4.84 Å². The van der Waals surface area contributed by atoms with Gasteiger partial charge in [-0.05, 0) is 49.5 Å². The van der Waals surface area contributed by atoms with E-state index in [1.807, 2.05) is 33.7 Å². The van der Waals surface area contributed by atoms with Crippen LogP contribution in [0, 0.1) is 10.7 Å². The first kappa shape index (κ1) is 17.9. The molecule has 27 heavy (non-hydrogen) atoms. The van der Waals surface area contributed by atoms with Gasteiger partial charge in [-0.25, -0.2) is 4.39 Å². The first-order valence-electron chi connectivity index (χ1n) is 8.89. The second kappa shape index (κ2) is 7.25. The van der Waals surface area contributed by atoms with E-state index < -0.39 is 0 Å². The molecule has 4 rings (SSSR count). The van der Waals surface area contributed by atoms with Crippen molar-refractivity contribution in [1.29, 1.82) is 0 Å². The first-order valence-corrected chi connectivity index (χ1v) is 9.30. The highest BCUT2D eigenvalue weighted by atomic mass is 32.1. The smallest absolute Gasteiger partial charge is 0.270 e. The number of carbonyl (C=O) groups is 1. The van der Waals surface area contributed by atoms with Crippen molar-refractivity contribution in [2.24, 2.45) is 0 Å². The summed E-state index contributed by atoms with van der Waals surface area (Å²) >= 11 is 5.35. The van der Waals surface area contributed by atoms with E-state index in [4.69, 9.17) is 16.6 Å². The van der Waals surface area contributed by atoms with Gasteiger partial charge in [-0.2, -0.15) is 0 Å². The number of halogens is 1. The van der Waals surface area contributed by atoms with E-state index in [2.05, 4.69) is 4.90 Å². The summed E-state index contributed by atoms with van der Waals surface area (Å²) in [6, 6.07) is 12.5. The number of carbonyl (C=O) groups excluding carboxylic acids is 1. The molecule has 1 aliphatic rings. The van der Waals surface area contributed by atoms with Crippen LogP contribution in [-0.4, -0.2) is 41.4 Å². The average Bonchev–Trinajstić information content (AvgIpc) is 2.98. The fourth-order valence-corrected chi connectivity index (χ4v) is 3.71. The summed E-state index contributed by atoms with van der Waals surface area (Å²) in [5.41, 5.74) is 2.71. The zero-order chi connectivity index (χ0) is 19.0. The molecule has 0 atom stereocenters. The van der Waals surface area contributed by atoms with Gasteiger partial charge < -0.3 is 9.32 Å². The molecule has 0 amide bonds. The topological polar surface area (TPSA) is 41.6 Å². The van der Waals surface area contributed by atoms with E-state index in [0.717, 1.165) is 24.2 Å². The van der Waals surface area contributed by atoms with Crippen LogP contribution in [0.3, 0.4) is 0 Å². The lowest BCUT2D eigenvalue weighted by atomic mass is 10.1. The molecule has 7 heteroatoms. The Morgan fingerprint density at radius 3 is 2.59 bits per heavy atom. The van der Waals surface area contributed by atoms with E-state index in [-0.39, 0.29) is 11.6 Å². The van der Waals surface area contributed by atoms with E-state index in [9.17, 15) is 9.18 Å². The number of hydrogen-bond donors (Lipinski definition) is 0. The Bertz CT molecular complexity index is 1050. The Balaban J connectivity index is 1.45. The number of benzene rings is 2. The van der Waals surface area contributed by atoms with Gasteiger partial charge in [-0.15, -0.1) is 0 Å². The number of Topliss-reactive ketones (excluding diaryl/α,β-unsaturated/α-hetero) is 1. The van der Waals surface area contributed by atoms with E-state index >= 15 is 0 Å². The van der Waals surface area contributed by atoms with Crippen molar-refractivity contribution in [2.45, 2.75) is 13.6 Å². The maximum Gasteiger partial charge on any atom is 0.270 e. The van der Waals surface area contributed by atoms with Gasteiger partial charge >= 0.3 is 0 Å². The summed E-state index contributed by atoms with van der Waals surface area (Å²) < 4.78 is 22.0. The van der Waals surface area contributed by atoms with Crippen LogP contribution in [0.5, 0.6) is 0 Å². The molecule has 0 unspecified atom stereocenters. The molecule has 1 aromatic heterocycles. The third kappa shape index (κ3) is 3.52. The fraction of sp³-hybridized carbons (Fsp3) is 0.300. The number of nitrogens with zero attached hydrogens (tertiary/aromatic N) is 3. The van der Waals surface area contributed by atoms with Crippen LogP contribution >= 0.6 is 12.2 Å². The molecule has 5 nitrogen and oxygen atoms in total. The maximum absolute atomic E-state index is 14.4. The van der Waals surface area contributed by atoms with Gasteiger partial charge in [0.15, 0.2) is 11.4 Å². The van der Waals surface area contributed by atoms with Gasteiger partial charge in [-0.1, -0.05) is 12.1 Å². The van der Waals surface area contributed by atoms with Gasteiger partial charge in [0.05, 0.1) is 17.9 Å². The molecule has 0 spiro atoms. The Morgan fingerprint density at radius 2 is 1.89 bits per heavy atom. The van der Waals surface area contributed by atoms with Crippen LogP contribution in [0.25, 0.3) is 11.1 Å². The summed E-state index contributed by atoms with van der Waals surface area (Å²) in [5, 5.41) is 0. The number of hydrogen-bond acceptors (Lipinski definition) is 5. The standard InChI is InChI=1S/C20H20FN3O2S/c1-14(25)15-6-7-17(16(21)12-15)23-10-8-22(9-11-23)13-24-18-4-2-3-5-19(18)26-20(24)27/h2-7,12H,8-11,13H2,1H3. The summed E-state index contributed by atoms with van der Waals surface area (Å²) in [5.74, 6) is -0.478. The van der Waals surface area contributed by atoms with E-state index in [1.165, 1.54) is 13.0 Å². The molecule has 3 aromatic rings. The van der Waals surface area contributed by atoms with Crippen molar-refractivity contribution < 1.29 is 13.6 Å². The highest BCUT2D eigenvalue weighted by molar-refractivity contribution is 7.71. The SMILES string of the molecule is CC(=O)c1ccc(N2CCN(Cn3c(=S)oc4ccccc43)CC2)c(F)c1. The predicted octanol–water partition coefficient (Wildman–Crippen LogP) is 4.09. The number of rotatable bonds is 4. The zero-order valence-corrected chi connectivity index (χ0v) is 15.8. The second-order valence-corrected chi connectivity index (χ2v) is 7.08. The normalized spacial score (nSPS) is 15.4. The van der Waals surface area contributed by atoms with Crippen molar-refractivity contribution in [3.63, 3.8) is 0 Å². The van der Waals surface area contributed by atoms with Gasteiger partial charge in [0.1, 0.15) is 5.82 Å². The summed E-state index contributed by atoms with van der Waals surface area (Å²) in [6.07, 6.45) is 0. The third-order valence-electron chi connectivity index (χ3n) is 4.98. The van der Waals surface area contributed by atoms with E-state index in [1.54, 1.807) is 12.1 Å². The number of ketones is 1. The van der Waals surface area contributed by atoms with Crippen molar-refractivity contribution in [2.75, 3.05) is 31.1 Å². The van der Waals surface area contributed by atoms with Crippen molar-refractivity contribution in [3.05, 3.63) is 58.7 Å². The maximum atomic E-state index is 14.4. The minimum absolute atomic E-state index is 0.130. The third-order valence-corrected chi connectivity index (χ3v) is 5.29. The van der Waals surface area contributed by atoms with E-state index in [0.29, 0.717) is 35.8 Å². The highest BCUT2D eigenvalue weighted by Crippen LogP contribution is 2.23. The number of oxazole rings is 1. The average molecular weight is 385 g/mol. The Kier molecular flexibility index (Phi) is 4.80. The largest absolute Gasteiger partial charge is 0.429 e. The van der Waals surface area contributed by atoms with Gasteiger partial charge in [0, 0.05) is 31.7 Å². The molecule has 0 saturated carbocycles. The number of para-hydroxylation sites is 2. The Morgan fingerprint density at radius 1 is 1.15 bits per heavy atom. The molecule has 1 aliphatic heterocycles. The number of piperazine rings is 1. The Hall–Kier alpha value is -2.51. The molecule has 1 saturated heterocycles. The summed E-state index contributed by atoms with van der Waals surface area (Å²) in [4.78, 5) is 16.1. The van der Waals surface area contributed by atoms with Crippen LogP contribution < -0.4 is 4.90 Å². The molecule has 0 radical (unpaired) electrons. The molecular weight excluding hydrogens is 365 g/mol. The minimum Gasteiger partial charge on any atom is -0.429 e. The van der Waals surface area contributed by atoms with Crippen LogP contribution in [0.4, 0.5) is 10.1 Å². The number of fused-ring (bicyclic) bond motifs is 1. The quantitative estimate of drug-likeness (QED) is 0.500. The molecule has 1 fully saturated rings. The molecular formula is C20H20FN3O2S. The van der Waals surface area contributed by atoms with Crippen molar-refractivity contribution in [3.8, 4) is 0 Å². The van der Waals surface area contributed by atoms with Crippen molar-refractivity contribution in [1.82, 2.24) is 9.47 Å². The minimum atomic E-state index is -0.348. The zero-order valence-electron chi connectivity index (χ0n) is 15.0. The van der Waals surface area contributed by atoms with Gasteiger partial charge in [0.2, 0.25) is 0 Å². The van der Waals surface area contributed by atoms with Crippen LogP contribution in [0.15, 0.2) is 46.9 Å². The van der Waals surface area contributed by atoms with Crippen LogP contribution in [0.1, 0.15) is 17.3 Å². The second-order valence-electron chi connectivity index (χ2n) is 6.73. The molecule has 0 N–H and O–H groups in total. The van der Waals surface area contributed by atoms with Crippen molar-refractivity contribution >= 4 is 34.8 Å². The Labute approximate surface area is 161 Å². The predicted molar refractivity (Wildman–Crippen MR) is 105 cm³/mol.